The molecule has 2 N–H and O–H groups in total. The first-order chi connectivity index (χ1) is 9.65. The monoisotopic (exact) mass is 302 g/mol. The number of carboxylic acids is 1. The van der Waals surface area contributed by atoms with Gasteiger partial charge in [0.1, 0.15) is 5.82 Å². The Hall–Kier alpha value is -2.58. The second-order valence-corrected chi connectivity index (χ2v) is 4.43. The summed E-state index contributed by atoms with van der Waals surface area (Å²) < 4.78 is 27.0. The van der Waals surface area contributed by atoms with Gasteiger partial charge in [-0.2, -0.15) is 4.39 Å². The van der Waals surface area contributed by atoms with Crippen LogP contribution in [0.4, 0.5) is 14.5 Å². The minimum Gasteiger partial charge on any atom is -0.481 e. The molecule has 0 saturated carbocycles. The van der Waals surface area contributed by atoms with E-state index in [2.05, 4.69) is 5.32 Å². The summed E-state index contributed by atoms with van der Waals surface area (Å²) in [5.74, 6) is -5.91. The number of amides is 1. The largest absolute Gasteiger partial charge is 0.481 e. The molecule has 2 atom stereocenters. The van der Waals surface area contributed by atoms with Crippen molar-refractivity contribution in [3.05, 3.63) is 39.4 Å². The van der Waals surface area contributed by atoms with Crippen molar-refractivity contribution < 1.29 is 28.4 Å². The van der Waals surface area contributed by atoms with Crippen molar-refractivity contribution in [3.8, 4) is 0 Å². The van der Waals surface area contributed by atoms with Crippen molar-refractivity contribution in [1.29, 1.82) is 0 Å². The van der Waals surface area contributed by atoms with Gasteiger partial charge in [0, 0.05) is 6.04 Å². The number of benzene rings is 1. The first-order valence-corrected chi connectivity index (χ1v) is 5.82. The van der Waals surface area contributed by atoms with Gasteiger partial charge >= 0.3 is 11.7 Å². The first-order valence-electron chi connectivity index (χ1n) is 5.82. The Morgan fingerprint density at radius 2 is 1.90 bits per heavy atom. The minimum absolute atomic E-state index is 0.357. The summed E-state index contributed by atoms with van der Waals surface area (Å²) in [6.07, 6.45) is 0. The van der Waals surface area contributed by atoms with Gasteiger partial charge in [0.05, 0.1) is 22.5 Å². The van der Waals surface area contributed by atoms with Crippen LogP contribution in [-0.2, 0) is 4.79 Å². The number of hydrogen-bond donors (Lipinski definition) is 2. The first kappa shape index (κ1) is 16.5. The third-order valence-corrected chi connectivity index (χ3v) is 2.96. The fraction of sp³-hybridized carbons (Fsp3) is 0.333. The Kier molecular flexibility index (Phi) is 4.90. The molecule has 7 nitrogen and oxygen atoms in total. The molecule has 0 bridgehead atoms. The molecule has 1 aromatic rings. The van der Waals surface area contributed by atoms with Crippen LogP contribution in [-0.4, -0.2) is 27.9 Å². The summed E-state index contributed by atoms with van der Waals surface area (Å²) in [7, 11) is 0. The highest BCUT2D eigenvalue weighted by Crippen LogP contribution is 2.22. The van der Waals surface area contributed by atoms with Gasteiger partial charge in [-0.1, -0.05) is 0 Å². The van der Waals surface area contributed by atoms with Gasteiger partial charge in [0.25, 0.3) is 5.91 Å². The standard InChI is InChI=1S/C12H12F2N2O5/c1-5(12(18)19)6(2)15-11(17)8-3-7(13)4-9(10(8)14)16(20)21/h3-6H,1-2H3,(H,15,17)(H,18,19). The lowest BCUT2D eigenvalue weighted by molar-refractivity contribution is -0.387. The zero-order valence-electron chi connectivity index (χ0n) is 11.1. The third kappa shape index (κ3) is 3.71. The van der Waals surface area contributed by atoms with E-state index >= 15 is 0 Å². The van der Waals surface area contributed by atoms with Gasteiger partial charge < -0.3 is 10.4 Å². The molecule has 114 valence electrons. The Balaban J connectivity index is 3.08. The average Bonchev–Trinajstić information content (AvgIpc) is 2.39. The van der Waals surface area contributed by atoms with Crippen LogP contribution in [0, 0.1) is 27.7 Å². The lowest BCUT2D eigenvalue weighted by atomic mass is 10.0. The van der Waals surface area contributed by atoms with E-state index in [1.165, 1.54) is 13.8 Å². The quantitative estimate of drug-likeness (QED) is 0.635. The summed E-state index contributed by atoms with van der Waals surface area (Å²) in [6.45, 7) is 2.68. The van der Waals surface area contributed by atoms with Gasteiger partial charge in [-0.15, -0.1) is 0 Å². The highest BCUT2D eigenvalue weighted by molar-refractivity contribution is 5.95. The molecule has 21 heavy (non-hydrogen) atoms. The summed E-state index contributed by atoms with van der Waals surface area (Å²) >= 11 is 0. The number of carbonyl (C=O) groups excluding carboxylic acids is 1. The fourth-order valence-corrected chi connectivity index (χ4v) is 1.50. The molecule has 0 fully saturated rings. The second kappa shape index (κ2) is 6.25. The molecule has 0 aliphatic carbocycles. The Morgan fingerprint density at radius 1 is 1.33 bits per heavy atom. The summed E-state index contributed by atoms with van der Waals surface area (Å²) in [4.78, 5) is 31.9. The number of nitrogens with one attached hydrogen (secondary N) is 1. The molecule has 0 aromatic heterocycles. The highest BCUT2D eigenvalue weighted by atomic mass is 19.1. The number of aliphatic carboxylic acids is 1. The Bertz CT molecular complexity index is 606. The predicted molar refractivity (Wildman–Crippen MR) is 66.7 cm³/mol. The molecule has 2 unspecified atom stereocenters. The van der Waals surface area contributed by atoms with Gasteiger partial charge in [-0.3, -0.25) is 19.7 Å². The molecule has 9 heteroatoms. The fourth-order valence-electron chi connectivity index (χ4n) is 1.50. The molecular weight excluding hydrogens is 290 g/mol. The molecule has 0 spiro atoms. The van der Waals surface area contributed by atoms with Crippen LogP contribution < -0.4 is 5.32 Å². The summed E-state index contributed by atoms with van der Waals surface area (Å²) in [5.41, 5.74) is -2.02. The molecule has 1 amide bonds. The molecule has 1 aromatic carbocycles. The molecule has 0 saturated heterocycles. The van der Waals surface area contributed by atoms with E-state index in [0.29, 0.717) is 12.1 Å². The lowest BCUT2D eigenvalue weighted by Crippen LogP contribution is -2.40. The van der Waals surface area contributed by atoms with Gasteiger partial charge in [0.2, 0.25) is 5.82 Å². The summed E-state index contributed by atoms with van der Waals surface area (Å²) in [5, 5.41) is 21.5. The number of carboxylic acid groups (broad SMARTS) is 1. The van der Waals surface area contributed by atoms with E-state index in [0.717, 1.165) is 0 Å². The lowest BCUT2D eigenvalue weighted by Gasteiger charge is -2.17. The second-order valence-electron chi connectivity index (χ2n) is 4.43. The summed E-state index contributed by atoms with van der Waals surface area (Å²) in [6, 6.07) is -0.0117. The number of hydrogen-bond acceptors (Lipinski definition) is 4. The van der Waals surface area contributed by atoms with Gasteiger partial charge in [-0.25, -0.2) is 4.39 Å². The molecule has 0 aliphatic heterocycles. The van der Waals surface area contributed by atoms with Crippen molar-refractivity contribution in [2.75, 3.05) is 0 Å². The number of nitrogens with zero attached hydrogens (tertiary/aromatic N) is 1. The zero-order valence-corrected chi connectivity index (χ0v) is 11.1. The van der Waals surface area contributed by atoms with Crippen molar-refractivity contribution in [3.63, 3.8) is 0 Å². The van der Waals surface area contributed by atoms with Crippen LogP contribution in [0.25, 0.3) is 0 Å². The average molecular weight is 302 g/mol. The van der Waals surface area contributed by atoms with Crippen molar-refractivity contribution >= 4 is 17.6 Å². The van der Waals surface area contributed by atoms with Crippen LogP contribution >= 0.6 is 0 Å². The number of nitro benzene ring substituents is 1. The topological polar surface area (TPSA) is 110 Å². The SMILES string of the molecule is CC(NC(=O)c1cc(F)cc([N+](=O)[O-])c1F)C(C)C(=O)O. The van der Waals surface area contributed by atoms with E-state index in [-0.39, 0.29) is 0 Å². The van der Waals surface area contributed by atoms with Gasteiger partial charge in [-0.05, 0) is 19.9 Å². The van der Waals surface area contributed by atoms with Crippen LogP contribution in [0.1, 0.15) is 24.2 Å². The van der Waals surface area contributed by atoms with Crippen LogP contribution in [0.3, 0.4) is 0 Å². The maximum Gasteiger partial charge on any atom is 0.308 e. The van der Waals surface area contributed by atoms with E-state index in [1.54, 1.807) is 0 Å². The molecular formula is C12H12F2N2O5. The highest BCUT2D eigenvalue weighted by Gasteiger charge is 2.27. The normalized spacial score (nSPS) is 13.3. The Labute approximate surface area is 117 Å². The van der Waals surface area contributed by atoms with Crippen LogP contribution in [0.5, 0.6) is 0 Å². The van der Waals surface area contributed by atoms with Crippen molar-refractivity contribution in [1.82, 2.24) is 5.32 Å². The number of halogens is 2. The van der Waals surface area contributed by atoms with E-state index in [4.69, 9.17) is 5.11 Å². The third-order valence-electron chi connectivity index (χ3n) is 2.96. The van der Waals surface area contributed by atoms with Crippen molar-refractivity contribution in [2.45, 2.75) is 19.9 Å². The van der Waals surface area contributed by atoms with E-state index in [9.17, 15) is 28.5 Å². The van der Waals surface area contributed by atoms with Crippen LogP contribution in [0.2, 0.25) is 0 Å². The van der Waals surface area contributed by atoms with E-state index in [1.807, 2.05) is 0 Å². The molecule has 0 aliphatic rings. The number of carbonyl (C=O) groups is 2. The Morgan fingerprint density at radius 3 is 2.38 bits per heavy atom. The molecule has 0 radical (unpaired) electrons. The van der Waals surface area contributed by atoms with Crippen LogP contribution in [0.15, 0.2) is 12.1 Å². The van der Waals surface area contributed by atoms with Gasteiger partial charge in [0.15, 0.2) is 0 Å². The van der Waals surface area contributed by atoms with E-state index < -0.39 is 51.6 Å². The maximum absolute atomic E-state index is 13.8. The van der Waals surface area contributed by atoms with Crippen molar-refractivity contribution in [2.24, 2.45) is 5.92 Å². The zero-order chi connectivity index (χ0) is 16.3. The molecule has 1 rings (SSSR count). The molecule has 0 heterocycles. The maximum atomic E-state index is 13.8. The number of rotatable bonds is 5. The minimum atomic E-state index is -1.48. The predicted octanol–water partition coefficient (Wildman–Crippen LogP) is 1.71. The number of nitro groups is 1. The smallest absolute Gasteiger partial charge is 0.308 e.